The Hall–Kier alpha value is -2.66. The molecule has 0 spiro atoms. The topological polar surface area (TPSA) is 61.4 Å². The van der Waals surface area contributed by atoms with Crippen LogP contribution >= 0.6 is 0 Å². The van der Waals surface area contributed by atoms with E-state index in [1.54, 1.807) is 24.3 Å². The van der Waals surface area contributed by atoms with Crippen molar-refractivity contribution in [2.75, 3.05) is 26.2 Å². The van der Waals surface area contributed by atoms with E-state index in [-0.39, 0.29) is 18.4 Å². The molecule has 0 unspecified atom stereocenters. The van der Waals surface area contributed by atoms with Crippen LogP contribution in [-0.2, 0) is 17.8 Å². The second-order valence-corrected chi connectivity index (χ2v) is 6.19. The smallest absolute Gasteiger partial charge is 0.251 e. The van der Waals surface area contributed by atoms with Crippen molar-refractivity contribution >= 4 is 11.8 Å². The molecule has 0 radical (unpaired) electrons. The summed E-state index contributed by atoms with van der Waals surface area (Å²) < 4.78 is 0. The lowest BCUT2D eigenvalue weighted by Crippen LogP contribution is -2.41. The molecule has 0 bridgehead atoms. The third-order valence-electron chi connectivity index (χ3n) is 4.41. The predicted octanol–water partition coefficient (Wildman–Crippen LogP) is 1.59. The van der Waals surface area contributed by atoms with Crippen LogP contribution in [0, 0.1) is 0 Å². The van der Waals surface area contributed by atoms with Gasteiger partial charge in [0.05, 0.1) is 6.54 Å². The van der Waals surface area contributed by atoms with Crippen molar-refractivity contribution in [1.29, 1.82) is 0 Å². The van der Waals surface area contributed by atoms with Crippen LogP contribution in [0.4, 0.5) is 0 Å². The van der Waals surface area contributed by atoms with Crippen molar-refractivity contribution < 1.29 is 9.59 Å². The van der Waals surface area contributed by atoms with Gasteiger partial charge in [0.25, 0.3) is 5.91 Å². The second kappa shape index (κ2) is 8.44. The standard InChI is InChI=1S/C20H23N3O2/c24-19(14-22-20(25)17-7-2-1-3-8-17)21-11-13-23-12-10-16-6-4-5-9-18(16)15-23/h1-9H,10-15H2,(H,21,24)(H,22,25). The highest BCUT2D eigenvalue weighted by atomic mass is 16.2. The van der Waals surface area contributed by atoms with Crippen LogP contribution in [0.2, 0.25) is 0 Å². The van der Waals surface area contributed by atoms with Crippen LogP contribution in [0.3, 0.4) is 0 Å². The van der Waals surface area contributed by atoms with Gasteiger partial charge < -0.3 is 10.6 Å². The van der Waals surface area contributed by atoms with Crippen molar-refractivity contribution in [1.82, 2.24) is 15.5 Å². The number of amides is 2. The lowest BCUT2D eigenvalue weighted by molar-refractivity contribution is -0.120. The number of hydrogen-bond donors (Lipinski definition) is 2. The van der Waals surface area contributed by atoms with Gasteiger partial charge in [-0.25, -0.2) is 0 Å². The Labute approximate surface area is 148 Å². The van der Waals surface area contributed by atoms with Crippen LogP contribution in [0.1, 0.15) is 21.5 Å². The van der Waals surface area contributed by atoms with Crippen LogP contribution in [0.5, 0.6) is 0 Å². The zero-order chi connectivity index (χ0) is 17.5. The molecule has 0 fully saturated rings. The Balaban J connectivity index is 1.35. The van der Waals surface area contributed by atoms with Crippen molar-refractivity contribution in [3.8, 4) is 0 Å². The summed E-state index contributed by atoms with van der Waals surface area (Å²) in [5, 5.41) is 5.50. The first-order chi connectivity index (χ1) is 12.2. The molecule has 130 valence electrons. The number of carbonyl (C=O) groups is 2. The van der Waals surface area contributed by atoms with Crippen molar-refractivity contribution in [2.45, 2.75) is 13.0 Å². The quantitative estimate of drug-likeness (QED) is 0.841. The Kier molecular flexibility index (Phi) is 5.80. The van der Waals surface area contributed by atoms with Gasteiger partial charge in [-0.3, -0.25) is 14.5 Å². The molecule has 1 aliphatic rings. The Morgan fingerprint density at radius 3 is 2.44 bits per heavy atom. The van der Waals surface area contributed by atoms with Crippen LogP contribution < -0.4 is 10.6 Å². The molecule has 1 heterocycles. The van der Waals surface area contributed by atoms with Gasteiger partial charge in [-0.05, 0) is 29.7 Å². The van der Waals surface area contributed by atoms with E-state index in [4.69, 9.17) is 0 Å². The Morgan fingerprint density at radius 2 is 1.64 bits per heavy atom. The first-order valence-corrected chi connectivity index (χ1v) is 8.61. The molecule has 2 aromatic carbocycles. The maximum atomic E-state index is 11.9. The van der Waals surface area contributed by atoms with E-state index in [0.29, 0.717) is 12.1 Å². The fourth-order valence-electron chi connectivity index (χ4n) is 3.01. The van der Waals surface area contributed by atoms with Gasteiger partial charge in [-0.1, -0.05) is 42.5 Å². The number of rotatable bonds is 6. The lowest BCUT2D eigenvalue weighted by Gasteiger charge is -2.28. The van der Waals surface area contributed by atoms with Crippen LogP contribution in [0.15, 0.2) is 54.6 Å². The van der Waals surface area contributed by atoms with Crippen LogP contribution in [0.25, 0.3) is 0 Å². The Morgan fingerprint density at radius 1 is 0.920 bits per heavy atom. The number of carbonyl (C=O) groups excluding carboxylic acids is 2. The van der Waals surface area contributed by atoms with Gasteiger partial charge in [0.2, 0.25) is 5.91 Å². The van der Waals surface area contributed by atoms with Gasteiger partial charge in [0.15, 0.2) is 0 Å². The normalized spacial score (nSPS) is 13.8. The first-order valence-electron chi connectivity index (χ1n) is 8.61. The van der Waals surface area contributed by atoms with Gasteiger partial charge in [-0.15, -0.1) is 0 Å². The van der Waals surface area contributed by atoms with Crippen molar-refractivity contribution in [3.05, 3.63) is 71.3 Å². The highest BCUT2D eigenvalue weighted by Gasteiger charge is 2.15. The average molecular weight is 337 g/mol. The molecule has 0 aromatic heterocycles. The molecule has 2 N–H and O–H groups in total. The highest BCUT2D eigenvalue weighted by molar-refractivity contribution is 5.96. The molecular formula is C20H23N3O2. The minimum atomic E-state index is -0.233. The summed E-state index contributed by atoms with van der Waals surface area (Å²) in [6.45, 7) is 3.33. The van der Waals surface area contributed by atoms with Gasteiger partial charge in [0.1, 0.15) is 0 Å². The molecule has 0 aliphatic carbocycles. The second-order valence-electron chi connectivity index (χ2n) is 6.19. The number of fused-ring (bicyclic) bond motifs is 1. The first kappa shape index (κ1) is 17.2. The summed E-state index contributed by atoms with van der Waals surface area (Å²) in [6, 6.07) is 17.4. The largest absolute Gasteiger partial charge is 0.353 e. The SMILES string of the molecule is O=C(CNC(=O)c1ccccc1)NCCN1CCc2ccccc2C1. The fourth-order valence-corrected chi connectivity index (χ4v) is 3.01. The van der Waals surface area contributed by atoms with E-state index in [0.717, 1.165) is 26.1 Å². The minimum Gasteiger partial charge on any atom is -0.353 e. The maximum Gasteiger partial charge on any atom is 0.251 e. The molecule has 1 aliphatic heterocycles. The third-order valence-corrected chi connectivity index (χ3v) is 4.41. The summed E-state index contributed by atoms with van der Waals surface area (Å²) in [4.78, 5) is 26.1. The summed E-state index contributed by atoms with van der Waals surface area (Å²) in [6.07, 6.45) is 1.05. The maximum absolute atomic E-state index is 11.9. The summed E-state index contributed by atoms with van der Waals surface area (Å²) in [7, 11) is 0. The van der Waals surface area contributed by atoms with E-state index >= 15 is 0 Å². The average Bonchev–Trinajstić information content (AvgIpc) is 2.66. The molecule has 0 atom stereocenters. The molecule has 0 saturated carbocycles. The number of benzene rings is 2. The number of hydrogen-bond acceptors (Lipinski definition) is 3. The van der Waals surface area contributed by atoms with Gasteiger partial charge >= 0.3 is 0 Å². The van der Waals surface area contributed by atoms with Crippen LogP contribution in [-0.4, -0.2) is 42.9 Å². The molecule has 3 rings (SSSR count). The molecule has 2 amide bonds. The van der Waals surface area contributed by atoms with Gasteiger partial charge in [-0.2, -0.15) is 0 Å². The summed E-state index contributed by atoms with van der Waals surface area (Å²) in [5.74, 6) is -0.398. The van der Waals surface area contributed by atoms with E-state index < -0.39 is 0 Å². The van der Waals surface area contributed by atoms with E-state index in [9.17, 15) is 9.59 Å². The molecule has 25 heavy (non-hydrogen) atoms. The molecule has 0 saturated heterocycles. The van der Waals surface area contributed by atoms with E-state index in [1.807, 2.05) is 6.07 Å². The van der Waals surface area contributed by atoms with Crippen molar-refractivity contribution in [2.24, 2.45) is 0 Å². The number of nitrogens with zero attached hydrogens (tertiary/aromatic N) is 1. The van der Waals surface area contributed by atoms with Crippen molar-refractivity contribution in [3.63, 3.8) is 0 Å². The predicted molar refractivity (Wildman–Crippen MR) is 97.2 cm³/mol. The monoisotopic (exact) mass is 337 g/mol. The molecule has 5 heteroatoms. The number of nitrogens with one attached hydrogen (secondary N) is 2. The minimum absolute atomic E-state index is 0.00341. The lowest BCUT2D eigenvalue weighted by atomic mass is 10.00. The summed E-state index contributed by atoms with van der Waals surface area (Å²) in [5.41, 5.74) is 3.35. The highest BCUT2D eigenvalue weighted by Crippen LogP contribution is 2.17. The molecular weight excluding hydrogens is 314 g/mol. The fraction of sp³-hybridized carbons (Fsp3) is 0.300. The van der Waals surface area contributed by atoms with E-state index in [2.05, 4.69) is 39.8 Å². The molecule has 2 aromatic rings. The van der Waals surface area contributed by atoms with Gasteiger partial charge in [0, 0.05) is 31.7 Å². The third kappa shape index (κ3) is 4.90. The molecule has 5 nitrogen and oxygen atoms in total. The zero-order valence-electron chi connectivity index (χ0n) is 14.2. The zero-order valence-corrected chi connectivity index (χ0v) is 14.2. The van der Waals surface area contributed by atoms with E-state index in [1.165, 1.54) is 11.1 Å². The summed E-state index contributed by atoms with van der Waals surface area (Å²) >= 11 is 0. The Bertz CT molecular complexity index is 731.